The van der Waals surface area contributed by atoms with E-state index in [1.807, 2.05) is 0 Å². The van der Waals surface area contributed by atoms with E-state index in [0.717, 1.165) is 16.6 Å². The first-order valence-electron chi connectivity index (χ1n) is 9.02. The second-order valence-electron chi connectivity index (χ2n) is 6.45. The average Bonchev–Trinajstić information content (AvgIpc) is 2.75. The van der Waals surface area contributed by atoms with Crippen molar-refractivity contribution in [3.8, 4) is 0 Å². The fourth-order valence-corrected chi connectivity index (χ4v) is 3.17. The predicted octanol–water partition coefficient (Wildman–Crippen LogP) is 5.56. The SMILES string of the molecule is O=C(Nc1ccc(Br)cc1)/C(=C/c1cccc([N+](=O)[O-])c1)NC(=O)c1ccc(F)cc1Cl. The fourth-order valence-electron chi connectivity index (χ4n) is 2.65. The van der Waals surface area contributed by atoms with Crippen LogP contribution in [-0.4, -0.2) is 16.7 Å². The highest BCUT2D eigenvalue weighted by Gasteiger charge is 2.18. The van der Waals surface area contributed by atoms with Crippen LogP contribution < -0.4 is 10.6 Å². The Labute approximate surface area is 195 Å². The zero-order valence-corrected chi connectivity index (χ0v) is 18.5. The zero-order valence-electron chi connectivity index (χ0n) is 16.1. The highest BCUT2D eigenvalue weighted by Crippen LogP contribution is 2.20. The van der Waals surface area contributed by atoms with Crippen LogP contribution >= 0.6 is 27.5 Å². The van der Waals surface area contributed by atoms with Gasteiger partial charge in [-0.3, -0.25) is 19.7 Å². The summed E-state index contributed by atoms with van der Waals surface area (Å²) in [7, 11) is 0. The third-order valence-corrected chi connectivity index (χ3v) is 5.00. The standard InChI is InChI=1S/C22H14BrClFN3O4/c23-14-4-7-16(8-5-14)26-22(30)20(11-13-2-1-3-17(10-13)28(31)32)27-21(29)18-9-6-15(25)12-19(18)24/h1-12H,(H,26,30)(H,27,29)/b20-11-. The summed E-state index contributed by atoms with van der Waals surface area (Å²) in [6.45, 7) is 0. The zero-order chi connectivity index (χ0) is 23.3. The lowest BCUT2D eigenvalue weighted by Gasteiger charge is -2.12. The van der Waals surface area contributed by atoms with E-state index in [2.05, 4.69) is 26.6 Å². The van der Waals surface area contributed by atoms with Gasteiger partial charge in [0.2, 0.25) is 0 Å². The molecule has 0 aromatic heterocycles. The van der Waals surface area contributed by atoms with Gasteiger partial charge in [-0.15, -0.1) is 0 Å². The molecule has 0 heterocycles. The smallest absolute Gasteiger partial charge is 0.272 e. The van der Waals surface area contributed by atoms with Crippen LogP contribution in [-0.2, 0) is 4.79 Å². The Balaban J connectivity index is 1.95. The number of amides is 2. The maximum absolute atomic E-state index is 13.3. The predicted molar refractivity (Wildman–Crippen MR) is 123 cm³/mol. The van der Waals surface area contributed by atoms with Crippen LogP contribution in [0.15, 0.2) is 76.9 Å². The van der Waals surface area contributed by atoms with E-state index < -0.39 is 22.6 Å². The van der Waals surface area contributed by atoms with Crippen LogP contribution in [0.5, 0.6) is 0 Å². The van der Waals surface area contributed by atoms with Gasteiger partial charge < -0.3 is 10.6 Å². The molecule has 3 rings (SSSR count). The van der Waals surface area contributed by atoms with Gasteiger partial charge in [-0.05, 0) is 54.1 Å². The molecule has 0 saturated carbocycles. The number of hydrogen-bond acceptors (Lipinski definition) is 4. The Morgan fingerprint density at radius 1 is 1.06 bits per heavy atom. The van der Waals surface area contributed by atoms with Gasteiger partial charge in [-0.1, -0.05) is 39.7 Å². The highest BCUT2D eigenvalue weighted by atomic mass is 79.9. The molecule has 32 heavy (non-hydrogen) atoms. The van der Waals surface area contributed by atoms with E-state index in [9.17, 15) is 24.1 Å². The number of nitrogens with one attached hydrogen (secondary N) is 2. The van der Waals surface area contributed by atoms with Gasteiger partial charge in [-0.25, -0.2) is 4.39 Å². The van der Waals surface area contributed by atoms with Crippen LogP contribution in [0.25, 0.3) is 6.08 Å². The van der Waals surface area contributed by atoms with Crippen LogP contribution in [0.4, 0.5) is 15.8 Å². The van der Waals surface area contributed by atoms with Crippen molar-refractivity contribution in [2.75, 3.05) is 5.32 Å². The van der Waals surface area contributed by atoms with Crippen LogP contribution in [0.3, 0.4) is 0 Å². The maximum Gasteiger partial charge on any atom is 0.272 e. The summed E-state index contributed by atoms with van der Waals surface area (Å²) in [6.07, 6.45) is 1.29. The molecule has 0 fully saturated rings. The number of nitro benzene ring substituents is 1. The van der Waals surface area contributed by atoms with Gasteiger partial charge in [-0.2, -0.15) is 0 Å². The number of anilines is 1. The molecule has 10 heteroatoms. The molecule has 0 saturated heterocycles. The molecular weight excluding hydrogens is 505 g/mol. The number of rotatable bonds is 6. The maximum atomic E-state index is 13.3. The van der Waals surface area contributed by atoms with E-state index in [0.29, 0.717) is 11.3 Å². The molecule has 7 nitrogen and oxygen atoms in total. The number of benzene rings is 3. The summed E-state index contributed by atoms with van der Waals surface area (Å²) >= 11 is 9.25. The summed E-state index contributed by atoms with van der Waals surface area (Å²) in [5, 5.41) is 16.0. The minimum absolute atomic E-state index is 0.0468. The Morgan fingerprint density at radius 3 is 2.44 bits per heavy atom. The number of carbonyl (C=O) groups excluding carboxylic acids is 2. The summed E-state index contributed by atoms with van der Waals surface area (Å²) in [6, 6.07) is 15.5. The van der Waals surface area contributed by atoms with E-state index in [1.54, 1.807) is 24.3 Å². The van der Waals surface area contributed by atoms with Gasteiger partial charge in [0.05, 0.1) is 15.5 Å². The quantitative estimate of drug-likeness (QED) is 0.253. The summed E-state index contributed by atoms with van der Waals surface area (Å²) < 4.78 is 14.1. The Bertz CT molecular complexity index is 1230. The normalized spacial score (nSPS) is 11.0. The first-order valence-corrected chi connectivity index (χ1v) is 10.2. The molecule has 0 atom stereocenters. The van der Waals surface area contributed by atoms with E-state index >= 15 is 0 Å². The van der Waals surface area contributed by atoms with E-state index in [1.165, 1.54) is 36.4 Å². The monoisotopic (exact) mass is 517 g/mol. The van der Waals surface area contributed by atoms with Crippen molar-refractivity contribution in [1.29, 1.82) is 0 Å². The molecule has 2 amide bonds. The van der Waals surface area contributed by atoms with Gasteiger partial charge >= 0.3 is 0 Å². The van der Waals surface area contributed by atoms with Crippen molar-refractivity contribution < 1.29 is 18.9 Å². The third kappa shape index (κ3) is 5.99. The third-order valence-electron chi connectivity index (χ3n) is 4.16. The van der Waals surface area contributed by atoms with E-state index in [4.69, 9.17) is 11.6 Å². The molecule has 3 aromatic rings. The van der Waals surface area contributed by atoms with Crippen LogP contribution in [0.2, 0.25) is 5.02 Å². The molecule has 162 valence electrons. The lowest BCUT2D eigenvalue weighted by molar-refractivity contribution is -0.384. The van der Waals surface area contributed by atoms with Crippen molar-refractivity contribution in [3.05, 3.63) is 109 Å². The van der Waals surface area contributed by atoms with Crippen molar-refractivity contribution in [1.82, 2.24) is 5.32 Å². The first-order chi connectivity index (χ1) is 15.2. The fraction of sp³-hybridized carbons (Fsp3) is 0. The number of nitro groups is 1. The largest absolute Gasteiger partial charge is 0.321 e. The number of non-ortho nitro benzene ring substituents is 1. The molecule has 0 radical (unpaired) electrons. The van der Waals surface area contributed by atoms with Crippen molar-refractivity contribution in [3.63, 3.8) is 0 Å². The van der Waals surface area contributed by atoms with Gasteiger partial charge in [0.25, 0.3) is 17.5 Å². The second kappa shape index (κ2) is 10.2. The Hall–Kier alpha value is -3.56. The molecule has 0 spiro atoms. The van der Waals surface area contributed by atoms with Crippen molar-refractivity contribution in [2.45, 2.75) is 0 Å². The highest BCUT2D eigenvalue weighted by molar-refractivity contribution is 9.10. The average molecular weight is 519 g/mol. The van der Waals surface area contributed by atoms with Gasteiger partial charge in [0.1, 0.15) is 11.5 Å². The molecule has 0 aliphatic rings. The lowest BCUT2D eigenvalue weighted by Crippen LogP contribution is -2.31. The first kappa shape index (κ1) is 23.1. The molecule has 3 aromatic carbocycles. The topological polar surface area (TPSA) is 101 Å². The van der Waals surface area contributed by atoms with Gasteiger partial charge in [0, 0.05) is 22.3 Å². The van der Waals surface area contributed by atoms with Crippen LogP contribution in [0, 0.1) is 15.9 Å². The number of carbonyl (C=O) groups is 2. The molecule has 2 N–H and O–H groups in total. The minimum atomic E-state index is -0.752. The second-order valence-corrected chi connectivity index (χ2v) is 7.77. The van der Waals surface area contributed by atoms with E-state index in [-0.39, 0.29) is 22.0 Å². The summed E-state index contributed by atoms with van der Waals surface area (Å²) in [4.78, 5) is 36.1. The van der Waals surface area contributed by atoms with Crippen LogP contribution in [0.1, 0.15) is 15.9 Å². The minimum Gasteiger partial charge on any atom is -0.321 e. The number of hydrogen-bond donors (Lipinski definition) is 2. The summed E-state index contributed by atoms with van der Waals surface area (Å²) in [5.41, 5.74) is 0.343. The molecule has 0 aliphatic carbocycles. The molecule has 0 bridgehead atoms. The Morgan fingerprint density at radius 2 is 1.78 bits per heavy atom. The molecular formula is C22H14BrClFN3O4. The summed E-state index contributed by atoms with van der Waals surface area (Å²) in [5.74, 6) is -2.05. The lowest BCUT2D eigenvalue weighted by atomic mass is 10.1. The molecule has 0 unspecified atom stereocenters. The van der Waals surface area contributed by atoms with Gasteiger partial charge in [0.15, 0.2) is 0 Å². The Kier molecular flexibility index (Phi) is 7.34. The van der Waals surface area contributed by atoms with Crippen molar-refractivity contribution >= 4 is 56.8 Å². The number of halogens is 3. The molecule has 0 aliphatic heterocycles. The van der Waals surface area contributed by atoms with Crippen molar-refractivity contribution in [2.24, 2.45) is 0 Å². The number of nitrogens with zero attached hydrogens (tertiary/aromatic N) is 1.